The molecule has 0 bridgehead atoms. The van der Waals surface area contributed by atoms with E-state index in [1.165, 1.54) is 5.39 Å². The molecule has 0 radical (unpaired) electrons. The monoisotopic (exact) mass is 333 g/mol. The minimum Gasteiger partial charge on any atom is -0.360 e. The van der Waals surface area contributed by atoms with Gasteiger partial charge in [0.2, 0.25) is 10.0 Å². The van der Waals surface area contributed by atoms with Crippen LogP contribution in [0.3, 0.4) is 0 Å². The van der Waals surface area contributed by atoms with Gasteiger partial charge in [-0.05, 0) is 37.8 Å². The van der Waals surface area contributed by atoms with E-state index >= 15 is 0 Å². The number of nitrogens with one attached hydrogen (secondary N) is 1. The van der Waals surface area contributed by atoms with Crippen molar-refractivity contribution >= 4 is 20.9 Å². The van der Waals surface area contributed by atoms with Gasteiger partial charge in [0, 0.05) is 24.8 Å². The van der Waals surface area contributed by atoms with E-state index in [0.29, 0.717) is 24.4 Å². The van der Waals surface area contributed by atoms with Gasteiger partial charge in [0.05, 0.1) is 0 Å². The normalized spacial score (nSPS) is 12.1. The van der Waals surface area contributed by atoms with Crippen molar-refractivity contribution in [3.63, 3.8) is 0 Å². The molecule has 23 heavy (non-hydrogen) atoms. The van der Waals surface area contributed by atoms with Crippen LogP contribution >= 0.6 is 0 Å². The molecule has 3 rings (SSSR count). The quantitative estimate of drug-likeness (QED) is 0.704. The number of hydrogen-bond acceptors (Lipinski definition) is 4. The van der Waals surface area contributed by atoms with Crippen LogP contribution in [0.4, 0.5) is 0 Å². The fourth-order valence-electron chi connectivity index (χ4n) is 2.72. The van der Waals surface area contributed by atoms with E-state index in [0.717, 1.165) is 12.1 Å². The van der Waals surface area contributed by atoms with E-state index < -0.39 is 10.0 Å². The number of benzene rings is 1. The van der Waals surface area contributed by atoms with Gasteiger partial charge in [0.15, 0.2) is 5.76 Å². The van der Waals surface area contributed by atoms with Crippen LogP contribution in [0.1, 0.15) is 17.9 Å². The summed E-state index contributed by atoms with van der Waals surface area (Å²) in [7, 11) is -3.58. The standard InChI is InChI=1S/C16H19N3O3S/c1-12-16(13(2)22-18-12)23(20,21)17-9-5-10-19-11-8-14-6-3-4-7-15(14)19/h3-4,6-8,11,17H,5,9-10H2,1-2H3. The molecule has 1 N–H and O–H groups in total. The Morgan fingerprint density at radius 3 is 2.74 bits per heavy atom. The molecule has 0 unspecified atom stereocenters. The molecular weight excluding hydrogens is 314 g/mol. The summed E-state index contributed by atoms with van der Waals surface area (Å²) in [5, 5.41) is 4.87. The van der Waals surface area contributed by atoms with Crippen LogP contribution in [0.5, 0.6) is 0 Å². The van der Waals surface area contributed by atoms with Gasteiger partial charge in [-0.25, -0.2) is 13.1 Å². The molecule has 6 nitrogen and oxygen atoms in total. The van der Waals surface area contributed by atoms with Gasteiger partial charge >= 0.3 is 0 Å². The lowest BCUT2D eigenvalue weighted by Crippen LogP contribution is -2.26. The molecule has 0 saturated heterocycles. The van der Waals surface area contributed by atoms with Crippen LogP contribution in [0.2, 0.25) is 0 Å². The van der Waals surface area contributed by atoms with Gasteiger partial charge in [0.1, 0.15) is 10.6 Å². The van der Waals surface area contributed by atoms with Crippen LogP contribution in [-0.4, -0.2) is 24.7 Å². The molecule has 122 valence electrons. The number of fused-ring (bicyclic) bond motifs is 1. The molecule has 0 aliphatic heterocycles. The Bertz CT molecular complexity index is 906. The summed E-state index contributed by atoms with van der Waals surface area (Å²) in [4.78, 5) is 0.143. The van der Waals surface area contributed by atoms with Crippen LogP contribution < -0.4 is 4.72 Å². The second-order valence-corrected chi connectivity index (χ2v) is 7.18. The van der Waals surface area contributed by atoms with Crippen molar-refractivity contribution in [2.75, 3.05) is 6.54 Å². The summed E-state index contributed by atoms with van der Waals surface area (Å²) >= 11 is 0. The predicted molar refractivity (Wildman–Crippen MR) is 87.7 cm³/mol. The minimum atomic E-state index is -3.58. The molecule has 0 fully saturated rings. The van der Waals surface area contributed by atoms with Crippen molar-refractivity contribution < 1.29 is 12.9 Å². The van der Waals surface area contributed by atoms with Crippen LogP contribution in [-0.2, 0) is 16.6 Å². The van der Waals surface area contributed by atoms with E-state index in [1.807, 2.05) is 18.3 Å². The fraction of sp³-hybridized carbons (Fsp3) is 0.312. The zero-order chi connectivity index (χ0) is 16.4. The molecule has 0 amide bonds. The van der Waals surface area contributed by atoms with E-state index in [1.54, 1.807) is 13.8 Å². The molecule has 2 aromatic heterocycles. The first-order valence-corrected chi connectivity index (χ1v) is 8.94. The number of aromatic nitrogens is 2. The molecular formula is C16H19N3O3S. The Hall–Kier alpha value is -2.12. The lowest BCUT2D eigenvalue weighted by molar-refractivity contribution is 0.390. The maximum absolute atomic E-state index is 12.3. The van der Waals surface area contributed by atoms with Crippen LogP contribution in [0.15, 0.2) is 45.9 Å². The minimum absolute atomic E-state index is 0.143. The average molecular weight is 333 g/mol. The highest BCUT2D eigenvalue weighted by Crippen LogP contribution is 2.18. The van der Waals surface area contributed by atoms with Gasteiger partial charge in [-0.2, -0.15) is 0 Å². The molecule has 3 aromatic rings. The summed E-state index contributed by atoms with van der Waals surface area (Å²) in [6, 6.07) is 10.2. The first-order valence-electron chi connectivity index (χ1n) is 7.45. The molecule has 0 atom stereocenters. The van der Waals surface area contributed by atoms with Gasteiger partial charge in [-0.1, -0.05) is 23.4 Å². The Labute approximate surface area is 135 Å². The van der Waals surface area contributed by atoms with E-state index in [-0.39, 0.29) is 4.90 Å². The Morgan fingerprint density at radius 2 is 2.00 bits per heavy atom. The van der Waals surface area contributed by atoms with Gasteiger partial charge in [-0.3, -0.25) is 0 Å². The van der Waals surface area contributed by atoms with Crippen molar-refractivity contribution in [3.8, 4) is 0 Å². The number of aryl methyl sites for hydroxylation is 3. The molecule has 0 aliphatic rings. The fourth-order valence-corrected chi connectivity index (χ4v) is 4.12. The number of rotatable bonds is 6. The van der Waals surface area contributed by atoms with E-state index in [2.05, 4.69) is 32.6 Å². The molecule has 0 spiro atoms. The predicted octanol–water partition coefficient (Wildman–Crippen LogP) is 2.61. The first kappa shape index (κ1) is 15.8. The van der Waals surface area contributed by atoms with E-state index in [9.17, 15) is 8.42 Å². The highest BCUT2D eigenvalue weighted by Gasteiger charge is 2.23. The number of hydrogen-bond donors (Lipinski definition) is 1. The lowest BCUT2D eigenvalue weighted by atomic mass is 10.2. The Kier molecular flexibility index (Phi) is 4.23. The first-order chi connectivity index (χ1) is 11.0. The van der Waals surface area contributed by atoms with Gasteiger partial charge < -0.3 is 9.09 Å². The molecule has 1 aromatic carbocycles. The SMILES string of the molecule is Cc1noc(C)c1S(=O)(=O)NCCCn1ccc2ccccc21. The van der Waals surface area contributed by atoms with Crippen molar-refractivity contribution in [1.82, 2.24) is 14.4 Å². The maximum atomic E-state index is 12.3. The Morgan fingerprint density at radius 1 is 1.22 bits per heavy atom. The third-order valence-corrected chi connectivity index (χ3v) is 5.49. The zero-order valence-electron chi connectivity index (χ0n) is 13.1. The maximum Gasteiger partial charge on any atom is 0.245 e. The topological polar surface area (TPSA) is 77.1 Å². The van der Waals surface area contributed by atoms with Crippen LogP contribution in [0, 0.1) is 13.8 Å². The zero-order valence-corrected chi connectivity index (χ0v) is 13.9. The molecule has 7 heteroatoms. The number of sulfonamides is 1. The second kappa shape index (κ2) is 6.17. The van der Waals surface area contributed by atoms with Crippen molar-refractivity contribution in [3.05, 3.63) is 48.0 Å². The summed E-state index contributed by atoms with van der Waals surface area (Å²) in [6.45, 7) is 4.33. The summed E-state index contributed by atoms with van der Waals surface area (Å²) in [5.41, 5.74) is 1.53. The highest BCUT2D eigenvalue weighted by atomic mass is 32.2. The highest BCUT2D eigenvalue weighted by molar-refractivity contribution is 7.89. The van der Waals surface area contributed by atoms with Crippen LogP contribution in [0.25, 0.3) is 10.9 Å². The Balaban J connectivity index is 1.62. The molecule has 0 aliphatic carbocycles. The number of para-hydroxylation sites is 1. The van der Waals surface area contributed by atoms with E-state index in [4.69, 9.17) is 4.52 Å². The van der Waals surface area contributed by atoms with Gasteiger partial charge in [-0.15, -0.1) is 0 Å². The molecule has 2 heterocycles. The summed E-state index contributed by atoms with van der Waals surface area (Å²) in [5.74, 6) is 0.311. The third-order valence-electron chi connectivity index (χ3n) is 3.78. The van der Waals surface area contributed by atoms with Crippen molar-refractivity contribution in [1.29, 1.82) is 0 Å². The summed E-state index contributed by atoms with van der Waals surface area (Å²) < 4.78 is 34.2. The smallest absolute Gasteiger partial charge is 0.245 e. The lowest BCUT2D eigenvalue weighted by Gasteiger charge is -2.08. The van der Waals surface area contributed by atoms with Crippen molar-refractivity contribution in [2.24, 2.45) is 0 Å². The molecule has 0 saturated carbocycles. The summed E-state index contributed by atoms with van der Waals surface area (Å²) in [6.07, 6.45) is 2.72. The van der Waals surface area contributed by atoms with Gasteiger partial charge in [0.25, 0.3) is 0 Å². The third kappa shape index (κ3) is 3.16. The second-order valence-electron chi connectivity index (χ2n) is 5.47. The average Bonchev–Trinajstić information content (AvgIpc) is 3.08. The largest absolute Gasteiger partial charge is 0.360 e. The number of nitrogens with zero attached hydrogens (tertiary/aromatic N) is 2. The van der Waals surface area contributed by atoms with Crippen molar-refractivity contribution in [2.45, 2.75) is 31.7 Å².